The topological polar surface area (TPSA) is 43.1 Å². The van der Waals surface area contributed by atoms with Gasteiger partial charge < -0.3 is 5.73 Å². The lowest BCUT2D eigenvalue weighted by Crippen LogP contribution is -2.13. The van der Waals surface area contributed by atoms with Gasteiger partial charge in [0, 0.05) is 5.25 Å². The largest absolute Gasteiger partial charge is 0.365 e. The van der Waals surface area contributed by atoms with Crippen molar-refractivity contribution in [3.8, 4) is 0 Å². The third-order valence-electron chi connectivity index (χ3n) is 1.54. The molecule has 0 aliphatic rings. The van der Waals surface area contributed by atoms with Crippen molar-refractivity contribution in [1.29, 1.82) is 0 Å². The molecule has 0 aliphatic carbocycles. The first-order valence-corrected chi connectivity index (χ1v) is 5.16. The zero-order valence-corrected chi connectivity index (χ0v) is 8.78. The standard InChI is InChI=1S/C9H17NOS/c1-4-6-8(9(10)11)12-7(3)5-2/h6-7H,4-5H2,1-3H3,(H2,10,11)/b8-6-. The molecule has 1 amide bonds. The summed E-state index contributed by atoms with van der Waals surface area (Å²) >= 11 is 1.56. The average molecular weight is 187 g/mol. The van der Waals surface area contributed by atoms with E-state index in [0.29, 0.717) is 10.2 Å². The van der Waals surface area contributed by atoms with E-state index in [1.807, 2.05) is 13.0 Å². The second-order valence-electron chi connectivity index (χ2n) is 2.68. The molecule has 2 nitrogen and oxygen atoms in total. The van der Waals surface area contributed by atoms with Crippen molar-refractivity contribution in [3.05, 3.63) is 11.0 Å². The molecule has 1 unspecified atom stereocenters. The number of thioether (sulfide) groups is 1. The summed E-state index contributed by atoms with van der Waals surface area (Å²) in [6.07, 6.45) is 3.81. The molecule has 0 aromatic rings. The quantitative estimate of drug-likeness (QED) is 0.671. The molecule has 70 valence electrons. The molecule has 0 radical (unpaired) electrons. The monoisotopic (exact) mass is 187 g/mol. The summed E-state index contributed by atoms with van der Waals surface area (Å²) in [5.41, 5.74) is 5.20. The summed E-state index contributed by atoms with van der Waals surface area (Å²) in [5.74, 6) is -0.304. The molecule has 0 bridgehead atoms. The number of allylic oxidation sites excluding steroid dienone is 1. The second kappa shape index (κ2) is 6.12. The Hall–Kier alpha value is -0.440. The van der Waals surface area contributed by atoms with Gasteiger partial charge in [0.05, 0.1) is 4.91 Å². The van der Waals surface area contributed by atoms with E-state index >= 15 is 0 Å². The SMILES string of the molecule is CC/C=C(\SC(C)CC)C(N)=O. The third-order valence-corrected chi connectivity index (χ3v) is 2.89. The van der Waals surface area contributed by atoms with E-state index < -0.39 is 0 Å². The van der Waals surface area contributed by atoms with Gasteiger partial charge >= 0.3 is 0 Å². The van der Waals surface area contributed by atoms with Crippen LogP contribution in [-0.4, -0.2) is 11.2 Å². The van der Waals surface area contributed by atoms with Crippen LogP contribution in [0.15, 0.2) is 11.0 Å². The predicted octanol–water partition coefficient (Wildman–Crippen LogP) is 2.30. The molecule has 0 heterocycles. The lowest BCUT2D eigenvalue weighted by Gasteiger charge is -2.08. The minimum Gasteiger partial charge on any atom is -0.365 e. The molecule has 3 heteroatoms. The Bertz CT molecular complexity index is 177. The maximum Gasteiger partial charge on any atom is 0.254 e. The second-order valence-corrected chi connectivity index (χ2v) is 4.16. The van der Waals surface area contributed by atoms with Crippen LogP contribution >= 0.6 is 11.8 Å². The Morgan fingerprint density at radius 3 is 2.50 bits per heavy atom. The van der Waals surface area contributed by atoms with Gasteiger partial charge in [-0.25, -0.2) is 0 Å². The lowest BCUT2D eigenvalue weighted by atomic mass is 10.4. The number of hydrogen-bond acceptors (Lipinski definition) is 2. The van der Waals surface area contributed by atoms with Crippen LogP contribution in [0.2, 0.25) is 0 Å². The molecular weight excluding hydrogens is 170 g/mol. The highest BCUT2D eigenvalue weighted by Crippen LogP contribution is 2.23. The van der Waals surface area contributed by atoms with Crippen LogP contribution in [0.4, 0.5) is 0 Å². The van der Waals surface area contributed by atoms with Crippen LogP contribution in [0.3, 0.4) is 0 Å². The molecule has 0 aromatic carbocycles. The summed E-state index contributed by atoms with van der Waals surface area (Å²) in [6.45, 7) is 6.19. The average Bonchev–Trinajstić information content (AvgIpc) is 2.03. The number of rotatable bonds is 5. The Morgan fingerprint density at radius 2 is 2.17 bits per heavy atom. The van der Waals surface area contributed by atoms with E-state index in [2.05, 4.69) is 13.8 Å². The van der Waals surface area contributed by atoms with Crippen molar-refractivity contribution >= 4 is 17.7 Å². The molecule has 0 saturated carbocycles. The first-order valence-electron chi connectivity index (χ1n) is 4.28. The maximum atomic E-state index is 10.9. The lowest BCUT2D eigenvalue weighted by molar-refractivity contribution is -0.113. The van der Waals surface area contributed by atoms with Gasteiger partial charge in [0.1, 0.15) is 0 Å². The molecule has 0 saturated heterocycles. The van der Waals surface area contributed by atoms with Crippen molar-refractivity contribution in [2.75, 3.05) is 0 Å². The van der Waals surface area contributed by atoms with E-state index in [0.717, 1.165) is 12.8 Å². The minimum atomic E-state index is -0.304. The minimum absolute atomic E-state index is 0.304. The van der Waals surface area contributed by atoms with Gasteiger partial charge in [-0.2, -0.15) is 0 Å². The number of nitrogens with two attached hydrogens (primary N) is 1. The summed E-state index contributed by atoms with van der Waals surface area (Å²) in [7, 11) is 0. The summed E-state index contributed by atoms with van der Waals surface area (Å²) in [4.78, 5) is 11.6. The van der Waals surface area contributed by atoms with Crippen molar-refractivity contribution < 1.29 is 4.79 Å². The Kier molecular flexibility index (Phi) is 5.89. The zero-order valence-electron chi connectivity index (χ0n) is 7.96. The van der Waals surface area contributed by atoms with Crippen molar-refractivity contribution in [1.82, 2.24) is 0 Å². The number of primary amides is 1. The van der Waals surface area contributed by atoms with E-state index in [4.69, 9.17) is 5.73 Å². The van der Waals surface area contributed by atoms with Crippen LogP contribution in [0.1, 0.15) is 33.6 Å². The van der Waals surface area contributed by atoms with Gasteiger partial charge in [-0.15, -0.1) is 11.8 Å². The number of amides is 1. The van der Waals surface area contributed by atoms with Crippen LogP contribution in [-0.2, 0) is 4.79 Å². The van der Waals surface area contributed by atoms with Crippen LogP contribution in [0, 0.1) is 0 Å². The molecule has 0 fully saturated rings. The van der Waals surface area contributed by atoms with Gasteiger partial charge in [-0.3, -0.25) is 4.79 Å². The Balaban J connectivity index is 4.14. The van der Waals surface area contributed by atoms with E-state index in [9.17, 15) is 4.79 Å². The van der Waals surface area contributed by atoms with Gasteiger partial charge in [0.2, 0.25) is 0 Å². The fraction of sp³-hybridized carbons (Fsp3) is 0.667. The predicted molar refractivity (Wildman–Crippen MR) is 54.9 cm³/mol. The number of carbonyl (C=O) groups is 1. The first-order chi connectivity index (χ1) is 5.61. The van der Waals surface area contributed by atoms with E-state index in [1.54, 1.807) is 11.8 Å². The molecule has 1 atom stereocenters. The van der Waals surface area contributed by atoms with Crippen LogP contribution in [0.5, 0.6) is 0 Å². The van der Waals surface area contributed by atoms with E-state index in [1.165, 1.54) is 0 Å². The normalized spacial score (nSPS) is 14.4. The van der Waals surface area contributed by atoms with Gasteiger partial charge in [0.25, 0.3) is 5.91 Å². The van der Waals surface area contributed by atoms with Gasteiger partial charge in [-0.05, 0) is 12.8 Å². The fourth-order valence-corrected chi connectivity index (χ4v) is 1.67. The summed E-state index contributed by atoms with van der Waals surface area (Å²) in [5, 5.41) is 0.468. The Morgan fingerprint density at radius 1 is 1.58 bits per heavy atom. The maximum absolute atomic E-state index is 10.9. The molecule has 0 rings (SSSR count). The molecule has 0 spiro atoms. The highest BCUT2D eigenvalue weighted by Gasteiger charge is 2.08. The van der Waals surface area contributed by atoms with E-state index in [-0.39, 0.29) is 5.91 Å². The van der Waals surface area contributed by atoms with Crippen molar-refractivity contribution in [3.63, 3.8) is 0 Å². The molecule has 2 N–H and O–H groups in total. The van der Waals surface area contributed by atoms with Crippen LogP contribution < -0.4 is 5.73 Å². The van der Waals surface area contributed by atoms with Crippen molar-refractivity contribution in [2.24, 2.45) is 5.73 Å². The highest BCUT2D eigenvalue weighted by atomic mass is 32.2. The number of carbonyl (C=O) groups excluding carboxylic acids is 1. The molecular formula is C9H17NOS. The summed E-state index contributed by atoms with van der Waals surface area (Å²) < 4.78 is 0. The zero-order chi connectivity index (χ0) is 9.56. The Labute approximate surface area is 78.6 Å². The molecule has 0 aliphatic heterocycles. The fourth-order valence-electron chi connectivity index (χ4n) is 0.692. The van der Waals surface area contributed by atoms with Gasteiger partial charge in [0.15, 0.2) is 0 Å². The number of hydrogen-bond donors (Lipinski definition) is 1. The highest BCUT2D eigenvalue weighted by molar-refractivity contribution is 8.04. The first kappa shape index (κ1) is 11.6. The summed E-state index contributed by atoms with van der Waals surface area (Å²) in [6, 6.07) is 0. The van der Waals surface area contributed by atoms with Crippen molar-refractivity contribution in [2.45, 2.75) is 38.9 Å². The molecule has 12 heavy (non-hydrogen) atoms. The van der Waals surface area contributed by atoms with Crippen LogP contribution in [0.25, 0.3) is 0 Å². The third kappa shape index (κ3) is 4.44. The smallest absolute Gasteiger partial charge is 0.254 e. The molecule has 0 aromatic heterocycles. The van der Waals surface area contributed by atoms with Gasteiger partial charge in [-0.1, -0.05) is 26.8 Å².